The van der Waals surface area contributed by atoms with Crippen LogP contribution in [0.5, 0.6) is 0 Å². The highest BCUT2D eigenvalue weighted by molar-refractivity contribution is 8.20. The van der Waals surface area contributed by atoms with Gasteiger partial charge in [0.25, 0.3) is 5.91 Å². The van der Waals surface area contributed by atoms with Crippen molar-refractivity contribution >= 4 is 29.4 Å². The molecule has 1 aliphatic carbocycles. The highest BCUT2D eigenvalue weighted by Crippen LogP contribution is 2.59. The minimum Gasteiger partial charge on any atom is -0.455 e. The van der Waals surface area contributed by atoms with Gasteiger partial charge in [0.2, 0.25) is 0 Å². The molecule has 0 atom stereocenters. The Morgan fingerprint density at radius 3 is 3.04 bits per heavy atom. The summed E-state index contributed by atoms with van der Waals surface area (Å²) < 4.78 is 8.18. The van der Waals surface area contributed by atoms with Crippen LogP contribution in [-0.2, 0) is 17.0 Å². The van der Waals surface area contributed by atoms with Crippen LogP contribution in [0.2, 0.25) is 0 Å². The van der Waals surface area contributed by atoms with Crippen molar-refractivity contribution in [3.8, 4) is 0 Å². The number of rotatable bonds is 5. The molecule has 7 heteroatoms. The van der Waals surface area contributed by atoms with Gasteiger partial charge in [0, 0.05) is 54.5 Å². The number of fused-ring (bicyclic) bond motifs is 2. The van der Waals surface area contributed by atoms with Crippen molar-refractivity contribution in [1.82, 2.24) is 14.9 Å². The second kappa shape index (κ2) is 7.11. The molecule has 3 heterocycles. The van der Waals surface area contributed by atoms with Crippen LogP contribution in [0.1, 0.15) is 46.7 Å². The fourth-order valence-corrected chi connectivity index (χ4v) is 7.34. The molecule has 2 aromatic heterocycles. The van der Waals surface area contributed by atoms with Crippen LogP contribution in [0.4, 0.5) is 0 Å². The zero-order valence-electron chi connectivity index (χ0n) is 14.4. The average molecular weight is 378 g/mol. The van der Waals surface area contributed by atoms with Crippen molar-refractivity contribution < 1.29 is 9.21 Å². The lowest BCUT2D eigenvalue weighted by molar-refractivity contribution is 0.0922. The van der Waals surface area contributed by atoms with Crippen molar-refractivity contribution in [1.29, 1.82) is 0 Å². The molecule has 1 N–H and O–H groups in total. The lowest BCUT2D eigenvalue weighted by atomic mass is 9.94. The Morgan fingerprint density at radius 2 is 2.28 bits per heavy atom. The van der Waals surface area contributed by atoms with Crippen LogP contribution in [0.15, 0.2) is 23.1 Å². The zero-order chi connectivity index (χ0) is 17.3. The SMILES string of the molecule is Cc1c(C(=O)NCCCn2ccnc2)oc2c1C1(CCC2)SCCS1. The highest BCUT2D eigenvalue weighted by Gasteiger charge is 2.45. The summed E-state index contributed by atoms with van der Waals surface area (Å²) in [6.45, 7) is 3.54. The summed E-state index contributed by atoms with van der Waals surface area (Å²) in [4.78, 5) is 16.6. The van der Waals surface area contributed by atoms with Crippen LogP contribution < -0.4 is 5.32 Å². The maximum atomic E-state index is 12.6. The van der Waals surface area contributed by atoms with Gasteiger partial charge >= 0.3 is 0 Å². The molecule has 134 valence electrons. The van der Waals surface area contributed by atoms with Gasteiger partial charge in [-0.1, -0.05) is 0 Å². The summed E-state index contributed by atoms with van der Waals surface area (Å²) in [6.07, 6.45) is 9.65. The number of nitrogens with one attached hydrogen (secondary N) is 1. The minimum atomic E-state index is -0.0827. The smallest absolute Gasteiger partial charge is 0.287 e. The van der Waals surface area contributed by atoms with Gasteiger partial charge in [-0.2, -0.15) is 0 Å². The number of nitrogens with zero attached hydrogens (tertiary/aromatic N) is 2. The molecular formula is C18H23N3O2S2. The first-order chi connectivity index (χ1) is 12.2. The van der Waals surface area contributed by atoms with E-state index in [0.29, 0.717) is 12.3 Å². The normalized spacial score (nSPS) is 18.4. The van der Waals surface area contributed by atoms with Crippen LogP contribution >= 0.6 is 23.5 Å². The summed E-state index contributed by atoms with van der Waals surface area (Å²) in [7, 11) is 0. The second-order valence-corrected chi connectivity index (χ2v) is 9.61. The molecule has 2 aromatic rings. The molecule has 4 rings (SSSR count). The molecule has 0 radical (unpaired) electrons. The lowest BCUT2D eigenvalue weighted by Gasteiger charge is -2.31. The van der Waals surface area contributed by atoms with Gasteiger partial charge in [0.1, 0.15) is 5.76 Å². The van der Waals surface area contributed by atoms with Gasteiger partial charge in [0.15, 0.2) is 5.76 Å². The van der Waals surface area contributed by atoms with E-state index in [0.717, 1.165) is 37.1 Å². The number of carbonyl (C=O) groups is 1. The molecule has 1 aliphatic heterocycles. The predicted molar refractivity (Wildman–Crippen MR) is 102 cm³/mol. The summed E-state index contributed by atoms with van der Waals surface area (Å²) in [5.41, 5.74) is 2.35. The number of hydrogen-bond acceptors (Lipinski definition) is 5. The zero-order valence-corrected chi connectivity index (χ0v) is 16.0. The minimum absolute atomic E-state index is 0.0827. The van der Waals surface area contributed by atoms with E-state index < -0.39 is 0 Å². The second-order valence-electron chi connectivity index (χ2n) is 6.57. The molecule has 0 saturated carbocycles. The number of imidazole rings is 1. The monoisotopic (exact) mass is 377 g/mol. The average Bonchev–Trinajstić information content (AvgIpc) is 3.34. The van der Waals surface area contributed by atoms with Crippen LogP contribution in [0.25, 0.3) is 0 Å². The van der Waals surface area contributed by atoms with Gasteiger partial charge in [-0.05, 0) is 26.2 Å². The van der Waals surface area contributed by atoms with Crippen molar-refractivity contribution in [3.63, 3.8) is 0 Å². The van der Waals surface area contributed by atoms with E-state index in [2.05, 4.69) is 17.2 Å². The Balaban J connectivity index is 1.44. The van der Waals surface area contributed by atoms with E-state index in [-0.39, 0.29) is 9.99 Å². The molecule has 1 spiro atoms. The number of carbonyl (C=O) groups excluding carboxylic acids is 1. The third-order valence-corrected chi connectivity index (χ3v) is 8.44. The quantitative estimate of drug-likeness (QED) is 0.807. The van der Waals surface area contributed by atoms with E-state index in [4.69, 9.17) is 4.42 Å². The number of hydrogen-bond donors (Lipinski definition) is 1. The molecule has 1 fully saturated rings. The first-order valence-corrected chi connectivity index (χ1v) is 10.8. The maximum Gasteiger partial charge on any atom is 0.287 e. The number of amides is 1. The van der Waals surface area contributed by atoms with E-state index in [9.17, 15) is 4.79 Å². The summed E-state index contributed by atoms with van der Waals surface area (Å²) in [5.74, 6) is 3.84. The third-order valence-electron chi connectivity index (χ3n) is 4.91. The summed E-state index contributed by atoms with van der Waals surface area (Å²) >= 11 is 4.06. The Bertz CT molecular complexity index is 749. The van der Waals surface area contributed by atoms with E-state index in [1.54, 1.807) is 12.5 Å². The lowest BCUT2D eigenvalue weighted by Crippen LogP contribution is -2.26. The Morgan fingerprint density at radius 1 is 1.44 bits per heavy atom. The van der Waals surface area contributed by atoms with Crippen LogP contribution in [0, 0.1) is 6.92 Å². The number of thioether (sulfide) groups is 2. The number of aromatic nitrogens is 2. The molecule has 5 nitrogen and oxygen atoms in total. The standard InChI is InChI=1S/C18H23N3O2S2/c1-13-15-14(4-2-5-18(15)24-10-11-25-18)23-16(13)17(22)20-6-3-8-21-9-7-19-12-21/h7,9,12H,2-6,8,10-11H2,1H3,(H,20,22). The molecule has 1 amide bonds. The first-order valence-electron chi connectivity index (χ1n) is 8.84. The van der Waals surface area contributed by atoms with Crippen molar-refractivity contribution in [3.05, 3.63) is 41.4 Å². The van der Waals surface area contributed by atoms with Crippen LogP contribution in [0.3, 0.4) is 0 Å². The third kappa shape index (κ3) is 3.24. The molecule has 1 saturated heterocycles. The van der Waals surface area contributed by atoms with E-state index in [1.807, 2.05) is 34.3 Å². The number of furan rings is 1. The van der Waals surface area contributed by atoms with Gasteiger partial charge < -0.3 is 14.3 Å². The molecule has 0 bridgehead atoms. The van der Waals surface area contributed by atoms with Gasteiger partial charge in [0.05, 0.1) is 10.4 Å². The molecule has 25 heavy (non-hydrogen) atoms. The summed E-state index contributed by atoms with van der Waals surface area (Å²) in [5, 5.41) is 3.01. The predicted octanol–water partition coefficient (Wildman–Crippen LogP) is 3.57. The van der Waals surface area contributed by atoms with Crippen molar-refractivity contribution in [2.45, 2.75) is 43.2 Å². The van der Waals surface area contributed by atoms with E-state index >= 15 is 0 Å². The Kier molecular flexibility index (Phi) is 4.86. The fourth-order valence-electron chi connectivity index (χ4n) is 3.78. The molecule has 0 aromatic carbocycles. The van der Waals surface area contributed by atoms with Gasteiger partial charge in [-0.25, -0.2) is 4.98 Å². The molecule has 0 unspecified atom stereocenters. The maximum absolute atomic E-state index is 12.6. The highest BCUT2D eigenvalue weighted by atomic mass is 32.2. The molecule has 2 aliphatic rings. The Labute approximate surface area is 156 Å². The van der Waals surface area contributed by atoms with Gasteiger partial charge in [-0.15, -0.1) is 23.5 Å². The van der Waals surface area contributed by atoms with Crippen molar-refractivity contribution in [2.24, 2.45) is 0 Å². The van der Waals surface area contributed by atoms with Gasteiger partial charge in [-0.3, -0.25) is 4.79 Å². The van der Waals surface area contributed by atoms with Crippen molar-refractivity contribution in [2.75, 3.05) is 18.1 Å². The first kappa shape index (κ1) is 17.1. The van der Waals surface area contributed by atoms with Crippen LogP contribution in [-0.4, -0.2) is 33.5 Å². The van der Waals surface area contributed by atoms with E-state index in [1.165, 1.54) is 23.5 Å². The Hall–Kier alpha value is -1.34. The summed E-state index contributed by atoms with van der Waals surface area (Å²) in [6, 6.07) is 0. The topological polar surface area (TPSA) is 60.1 Å². The fraction of sp³-hybridized carbons (Fsp3) is 0.556. The number of aryl methyl sites for hydroxylation is 2. The molecular weight excluding hydrogens is 354 g/mol. The largest absolute Gasteiger partial charge is 0.455 e.